The normalized spacial score (nSPS) is 9.47. The fourth-order valence-corrected chi connectivity index (χ4v) is 1.59. The maximum absolute atomic E-state index is 12.0. The lowest BCUT2D eigenvalue weighted by Gasteiger charge is -2.17. The Morgan fingerprint density at radius 1 is 1.11 bits per heavy atom. The number of carbonyl (C=O) groups excluding carboxylic acids is 1. The van der Waals surface area contributed by atoms with Crippen LogP contribution in [-0.2, 0) is 0 Å². The molecule has 2 aromatic rings. The summed E-state index contributed by atoms with van der Waals surface area (Å²) in [6, 6.07) is 16.2. The Morgan fingerprint density at radius 2 is 1.74 bits per heavy atom. The van der Waals surface area contributed by atoms with Crippen molar-refractivity contribution >= 4 is 11.8 Å². The molecule has 0 bridgehead atoms. The van der Waals surface area contributed by atoms with Gasteiger partial charge in [0.25, 0.3) is 0 Å². The standard InChI is InChI=1S/C16H13NO2/c1-3-13-9-7-8-12-15(13)19-16(18)17(2)14-10-5-4-6-11-14/h1,4-12H,2H3. The topological polar surface area (TPSA) is 29.5 Å². The van der Waals surface area contributed by atoms with Crippen molar-refractivity contribution in [1.82, 2.24) is 0 Å². The number of nitrogens with zero attached hydrogens (tertiary/aromatic N) is 1. The van der Waals surface area contributed by atoms with Gasteiger partial charge < -0.3 is 4.74 Å². The highest BCUT2D eigenvalue weighted by Crippen LogP contribution is 2.19. The molecule has 0 radical (unpaired) electrons. The predicted molar refractivity (Wildman–Crippen MR) is 75.2 cm³/mol. The van der Waals surface area contributed by atoms with E-state index in [0.29, 0.717) is 11.3 Å². The highest BCUT2D eigenvalue weighted by atomic mass is 16.6. The first kappa shape index (κ1) is 12.7. The molecule has 94 valence electrons. The minimum atomic E-state index is -0.478. The second-order valence-electron chi connectivity index (χ2n) is 3.90. The van der Waals surface area contributed by atoms with Gasteiger partial charge in [-0.3, -0.25) is 4.90 Å². The zero-order valence-electron chi connectivity index (χ0n) is 10.5. The van der Waals surface area contributed by atoms with Gasteiger partial charge in [0, 0.05) is 12.7 Å². The molecule has 0 aliphatic heterocycles. The molecule has 3 heteroatoms. The van der Waals surface area contributed by atoms with Gasteiger partial charge in [0.05, 0.1) is 5.56 Å². The van der Waals surface area contributed by atoms with Crippen molar-refractivity contribution in [1.29, 1.82) is 0 Å². The molecule has 0 atom stereocenters. The summed E-state index contributed by atoms with van der Waals surface area (Å²) < 4.78 is 5.30. The molecule has 0 saturated carbocycles. The largest absolute Gasteiger partial charge is 0.419 e. The predicted octanol–water partition coefficient (Wildman–Crippen LogP) is 3.30. The summed E-state index contributed by atoms with van der Waals surface area (Å²) in [6.45, 7) is 0. The summed E-state index contributed by atoms with van der Waals surface area (Å²) in [4.78, 5) is 13.4. The van der Waals surface area contributed by atoms with Crippen molar-refractivity contribution in [3.8, 4) is 18.1 Å². The first-order valence-corrected chi connectivity index (χ1v) is 5.78. The van der Waals surface area contributed by atoms with Gasteiger partial charge in [-0.2, -0.15) is 0 Å². The first-order valence-electron chi connectivity index (χ1n) is 5.78. The average Bonchev–Trinajstić information content (AvgIpc) is 2.48. The van der Waals surface area contributed by atoms with Gasteiger partial charge in [0.1, 0.15) is 5.75 Å². The van der Waals surface area contributed by atoms with Crippen LogP contribution >= 0.6 is 0 Å². The molecular weight excluding hydrogens is 238 g/mol. The van der Waals surface area contributed by atoms with E-state index in [9.17, 15) is 4.79 Å². The van der Waals surface area contributed by atoms with Gasteiger partial charge in [-0.15, -0.1) is 6.42 Å². The molecule has 3 nitrogen and oxygen atoms in total. The number of hydrogen-bond donors (Lipinski definition) is 0. The minimum absolute atomic E-state index is 0.387. The van der Waals surface area contributed by atoms with E-state index in [2.05, 4.69) is 5.92 Å². The number of rotatable bonds is 2. The maximum Gasteiger partial charge on any atom is 0.419 e. The molecule has 0 aromatic heterocycles. The van der Waals surface area contributed by atoms with E-state index in [4.69, 9.17) is 11.2 Å². The second-order valence-corrected chi connectivity index (χ2v) is 3.90. The Bertz CT molecular complexity index is 614. The van der Waals surface area contributed by atoms with E-state index in [-0.39, 0.29) is 0 Å². The maximum atomic E-state index is 12.0. The number of carbonyl (C=O) groups is 1. The van der Waals surface area contributed by atoms with Crippen LogP contribution in [0, 0.1) is 12.3 Å². The minimum Gasteiger partial charge on any atom is -0.409 e. The lowest BCUT2D eigenvalue weighted by molar-refractivity contribution is 0.209. The smallest absolute Gasteiger partial charge is 0.409 e. The van der Waals surface area contributed by atoms with E-state index in [1.54, 1.807) is 31.3 Å². The van der Waals surface area contributed by atoms with Crippen molar-refractivity contribution in [3.63, 3.8) is 0 Å². The summed E-state index contributed by atoms with van der Waals surface area (Å²) in [5.74, 6) is 2.87. The molecule has 0 heterocycles. The Hall–Kier alpha value is -2.73. The number of anilines is 1. The molecule has 0 aliphatic rings. The van der Waals surface area contributed by atoms with Crippen LogP contribution in [0.2, 0.25) is 0 Å². The average molecular weight is 251 g/mol. The Kier molecular flexibility index (Phi) is 3.84. The summed E-state index contributed by atoms with van der Waals surface area (Å²) in [6.07, 6.45) is 4.88. The van der Waals surface area contributed by atoms with E-state index >= 15 is 0 Å². The summed E-state index contributed by atoms with van der Waals surface area (Å²) in [5.41, 5.74) is 1.31. The van der Waals surface area contributed by atoms with Gasteiger partial charge in [-0.1, -0.05) is 36.3 Å². The van der Waals surface area contributed by atoms with Gasteiger partial charge in [0.15, 0.2) is 0 Å². The fourth-order valence-electron chi connectivity index (χ4n) is 1.59. The molecule has 0 fully saturated rings. The molecule has 2 rings (SSSR count). The molecule has 0 spiro atoms. The van der Waals surface area contributed by atoms with Gasteiger partial charge in [0.2, 0.25) is 0 Å². The van der Waals surface area contributed by atoms with Crippen LogP contribution in [0.5, 0.6) is 5.75 Å². The molecule has 0 unspecified atom stereocenters. The van der Waals surface area contributed by atoms with Crippen molar-refractivity contribution in [2.45, 2.75) is 0 Å². The van der Waals surface area contributed by atoms with Crippen LogP contribution in [0.3, 0.4) is 0 Å². The van der Waals surface area contributed by atoms with Crippen LogP contribution in [0.1, 0.15) is 5.56 Å². The number of hydrogen-bond acceptors (Lipinski definition) is 2. The van der Waals surface area contributed by atoms with Crippen molar-refractivity contribution < 1.29 is 9.53 Å². The third-order valence-electron chi connectivity index (χ3n) is 2.66. The summed E-state index contributed by atoms with van der Waals surface area (Å²) in [5, 5.41) is 0. The Balaban J connectivity index is 2.16. The second kappa shape index (κ2) is 5.74. The van der Waals surface area contributed by atoms with Crippen molar-refractivity contribution in [2.24, 2.45) is 0 Å². The zero-order valence-corrected chi connectivity index (χ0v) is 10.5. The molecule has 0 saturated heterocycles. The van der Waals surface area contributed by atoms with Gasteiger partial charge in [-0.05, 0) is 24.3 Å². The van der Waals surface area contributed by atoms with Crippen LogP contribution in [0.4, 0.5) is 10.5 Å². The highest BCUT2D eigenvalue weighted by Gasteiger charge is 2.14. The molecule has 2 aromatic carbocycles. The molecule has 19 heavy (non-hydrogen) atoms. The SMILES string of the molecule is C#Cc1ccccc1OC(=O)N(C)c1ccccc1. The van der Waals surface area contributed by atoms with Gasteiger partial charge in [-0.25, -0.2) is 4.79 Å². The zero-order chi connectivity index (χ0) is 13.7. The van der Waals surface area contributed by atoms with Crippen LogP contribution in [-0.4, -0.2) is 13.1 Å². The Labute approximate surface area is 112 Å². The van der Waals surface area contributed by atoms with E-state index in [0.717, 1.165) is 5.69 Å². The molecule has 0 N–H and O–H groups in total. The fraction of sp³-hybridized carbons (Fsp3) is 0.0625. The van der Waals surface area contributed by atoms with Crippen molar-refractivity contribution in [2.75, 3.05) is 11.9 Å². The lowest BCUT2D eigenvalue weighted by atomic mass is 10.2. The molecule has 0 aliphatic carbocycles. The van der Waals surface area contributed by atoms with Crippen LogP contribution in [0.25, 0.3) is 0 Å². The monoisotopic (exact) mass is 251 g/mol. The quantitative estimate of drug-likeness (QED) is 0.766. The Morgan fingerprint density at radius 3 is 2.42 bits per heavy atom. The number of benzene rings is 2. The molecular formula is C16H13NO2. The van der Waals surface area contributed by atoms with Crippen molar-refractivity contribution in [3.05, 3.63) is 60.2 Å². The number of terminal acetylenes is 1. The van der Waals surface area contributed by atoms with E-state index in [1.807, 2.05) is 30.3 Å². The summed E-state index contributed by atoms with van der Waals surface area (Å²) >= 11 is 0. The molecule has 1 amide bonds. The number of ether oxygens (including phenoxy) is 1. The van der Waals surface area contributed by atoms with E-state index in [1.165, 1.54) is 4.90 Å². The van der Waals surface area contributed by atoms with Gasteiger partial charge >= 0.3 is 6.09 Å². The van der Waals surface area contributed by atoms with Crippen LogP contribution in [0.15, 0.2) is 54.6 Å². The number of amides is 1. The third kappa shape index (κ3) is 2.93. The van der Waals surface area contributed by atoms with Crippen LogP contribution < -0.4 is 9.64 Å². The highest BCUT2D eigenvalue weighted by molar-refractivity contribution is 5.88. The van der Waals surface area contributed by atoms with E-state index < -0.39 is 6.09 Å². The number of para-hydroxylation sites is 2. The first-order chi connectivity index (χ1) is 9.22. The summed E-state index contributed by atoms with van der Waals surface area (Å²) in [7, 11) is 1.65. The lowest BCUT2D eigenvalue weighted by Crippen LogP contribution is -2.29. The third-order valence-corrected chi connectivity index (χ3v) is 2.66.